The van der Waals surface area contributed by atoms with Crippen molar-refractivity contribution >= 4 is 17.3 Å². The fraction of sp³-hybridized carbons (Fsp3) is 0.364. The van der Waals surface area contributed by atoms with E-state index in [4.69, 9.17) is 0 Å². The summed E-state index contributed by atoms with van der Waals surface area (Å²) in [5.74, 6) is -1.63. The Bertz CT molecular complexity index is 514. The second-order valence-corrected chi connectivity index (χ2v) is 4.02. The molecule has 1 fully saturated rings. The van der Waals surface area contributed by atoms with E-state index in [1.165, 1.54) is 0 Å². The number of esters is 1. The summed E-state index contributed by atoms with van der Waals surface area (Å²) < 4.78 is 18.2. The predicted molar refractivity (Wildman–Crippen MR) is 61.0 cm³/mol. The highest BCUT2D eigenvalue weighted by Crippen LogP contribution is 2.34. The number of ether oxygens (including phenoxy) is 1. The van der Waals surface area contributed by atoms with Crippen LogP contribution in [-0.2, 0) is 4.74 Å². The minimum Gasteiger partial charge on any atom is -0.465 e. The summed E-state index contributed by atoms with van der Waals surface area (Å²) in [6, 6.07) is 2.02. The van der Waals surface area contributed by atoms with Gasteiger partial charge in [0.05, 0.1) is 17.6 Å². The molecule has 0 amide bonds. The largest absolute Gasteiger partial charge is 0.465 e. The molecule has 0 bridgehead atoms. The molecule has 1 saturated carbocycles. The van der Waals surface area contributed by atoms with Crippen LogP contribution < -0.4 is 5.32 Å². The van der Waals surface area contributed by atoms with E-state index in [2.05, 4.69) is 10.1 Å². The van der Waals surface area contributed by atoms with E-state index in [-0.39, 0.29) is 17.3 Å². The first-order chi connectivity index (χ1) is 8.52. The maximum atomic E-state index is 13.8. The number of nitro groups is 1. The van der Waals surface area contributed by atoms with Crippen LogP contribution in [0, 0.1) is 15.9 Å². The molecule has 18 heavy (non-hydrogen) atoms. The highest BCUT2D eigenvalue weighted by Gasteiger charge is 2.28. The number of methoxy groups -OCH3 is 1. The number of carbonyl (C=O) groups excluding carboxylic acids is 1. The summed E-state index contributed by atoms with van der Waals surface area (Å²) in [7, 11) is 1.13. The molecule has 2 rings (SSSR count). The number of anilines is 1. The van der Waals surface area contributed by atoms with E-state index >= 15 is 0 Å². The molecule has 0 atom stereocenters. The van der Waals surface area contributed by atoms with Gasteiger partial charge in [-0.15, -0.1) is 0 Å². The van der Waals surface area contributed by atoms with Gasteiger partial charge in [-0.25, -0.2) is 9.18 Å². The van der Waals surface area contributed by atoms with Gasteiger partial charge in [-0.1, -0.05) is 0 Å². The number of rotatable bonds is 4. The molecule has 1 aliphatic carbocycles. The fourth-order valence-electron chi connectivity index (χ4n) is 1.55. The van der Waals surface area contributed by atoms with E-state index < -0.39 is 22.4 Å². The quantitative estimate of drug-likeness (QED) is 0.505. The number of benzene rings is 1. The molecule has 0 radical (unpaired) electrons. The molecule has 0 aromatic heterocycles. The lowest BCUT2D eigenvalue weighted by Gasteiger charge is -2.08. The first-order valence-corrected chi connectivity index (χ1v) is 5.35. The second-order valence-electron chi connectivity index (χ2n) is 4.02. The Morgan fingerprint density at radius 3 is 2.72 bits per heavy atom. The van der Waals surface area contributed by atoms with Gasteiger partial charge >= 0.3 is 5.97 Å². The van der Waals surface area contributed by atoms with Crippen molar-refractivity contribution in [2.75, 3.05) is 12.4 Å². The maximum absolute atomic E-state index is 13.8. The number of carbonyl (C=O) groups is 1. The minimum absolute atomic E-state index is 0.0715. The molecule has 0 aliphatic heterocycles. The molecular formula is C11H11FN2O4. The number of hydrogen-bond donors (Lipinski definition) is 1. The molecule has 0 saturated heterocycles. The van der Waals surface area contributed by atoms with Crippen molar-refractivity contribution in [2.24, 2.45) is 0 Å². The summed E-state index contributed by atoms with van der Waals surface area (Å²) in [6.45, 7) is 0. The summed E-state index contributed by atoms with van der Waals surface area (Å²) >= 11 is 0. The zero-order chi connectivity index (χ0) is 13.3. The standard InChI is InChI=1S/C11H11FN2O4/c1-18-11(15)6-4-8(12)10(13-7-2-3-7)9(5-6)14(16)17/h4-5,7,13H,2-3H2,1H3. The van der Waals surface area contributed by atoms with Gasteiger partial charge in [-0.3, -0.25) is 10.1 Å². The first kappa shape index (κ1) is 12.3. The normalized spacial score (nSPS) is 14.1. The van der Waals surface area contributed by atoms with E-state index in [1.54, 1.807) is 0 Å². The Balaban J connectivity index is 2.45. The van der Waals surface area contributed by atoms with Gasteiger partial charge in [0.2, 0.25) is 0 Å². The molecule has 6 nitrogen and oxygen atoms in total. The Kier molecular flexibility index (Phi) is 3.14. The van der Waals surface area contributed by atoms with Crippen LogP contribution in [0.25, 0.3) is 0 Å². The third kappa shape index (κ3) is 2.39. The number of nitrogens with zero attached hydrogens (tertiary/aromatic N) is 1. The Hall–Kier alpha value is -2.18. The molecule has 0 heterocycles. The summed E-state index contributed by atoms with van der Waals surface area (Å²) in [5, 5.41) is 13.6. The van der Waals surface area contributed by atoms with Gasteiger partial charge in [-0.2, -0.15) is 0 Å². The average Bonchev–Trinajstić information content (AvgIpc) is 3.14. The SMILES string of the molecule is COC(=O)c1cc(F)c(NC2CC2)c([N+](=O)[O-])c1. The van der Waals surface area contributed by atoms with Crippen LogP contribution in [0.15, 0.2) is 12.1 Å². The number of nitrogens with one attached hydrogen (secondary N) is 1. The Morgan fingerprint density at radius 2 is 2.22 bits per heavy atom. The molecular weight excluding hydrogens is 243 g/mol. The van der Waals surface area contributed by atoms with Crippen LogP contribution in [0.4, 0.5) is 15.8 Å². The smallest absolute Gasteiger partial charge is 0.338 e. The van der Waals surface area contributed by atoms with Crippen molar-refractivity contribution in [1.29, 1.82) is 0 Å². The van der Waals surface area contributed by atoms with E-state index in [0.717, 1.165) is 32.1 Å². The molecule has 1 N–H and O–H groups in total. The second kappa shape index (κ2) is 4.59. The van der Waals surface area contributed by atoms with Crippen molar-refractivity contribution in [2.45, 2.75) is 18.9 Å². The maximum Gasteiger partial charge on any atom is 0.338 e. The lowest BCUT2D eigenvalue weighted by atomic mass is 10.1. The van der Waals surface area contributed by atoms with Gasteiger partial charge in [0.15, 0.2) is 5.82 Å². The van der Waals surface area contributed by atoms with Gasteiger partial charge in [0, 0.05) is 12.1 Å². The van der Waals surface area contributed by atoms with Crippen molar-refractivity contribution in [3.8, 4) is 0 Å². The third-order valence-corrected chi connectivity index (χ3v) is 2.61. The third-order valence-electron chi connectivity index (χ3n) is 2.61. The molecule has 1 aromatic carbocycles. The molecule has 1 aliphatic rings. The highest BCUT2D eigenvalue weighted by molar-refractivity contribution is 5.91. The topological polar surface area (TPSA) is 81.5 Å². The Morgan fingerprint density at radius 1 is 1.56 bits per heavy atom. The van der Waals surface area contributed by atoms with Gasteiger partial charge < -0.3 is 10.1 Å². The molecule has 96 valence electrons. The number of hydrogen-bond acceptors (Lipinski definition) is 5. The van der Waals surface area contributed by atoms with Crippen LogP contribution in [-0.4, -0.2) is 24.0 Å². The first-order valence-electron chi connectivity index (χ1n) is 5.35. The van der Waals surface area contributed by atoms with Crippen molar-refractivity contribution in [1.82, 2.24) is 0 Å². The number of halogens is 1. The van der Waals surface area contributed by atoms with Gasteiger partial charge in [0.25, 0.3) is 5.69 Å². The van der Waals surface area contributed by atoms with E-state index in [1.807, 2.05) is 0 Å². The van der Waals surface area contributed by atoms with E-state index in [0.29, 0.717) is 0 Å². The highest BCUT2D eigenvalue weighted by atomic mass is 19.1. The van der Waals surface area contributed by atoms with Crippen LogP contribution in [0.1, 0.15) is 23.2 Å². The molecule has 1 aromatic rings. The summed E-state index contributed by atoms with van der Waals surface area (Å²) in [4.78, 5) is 21.4. The average molecular weight is 254 g/mol. The predicted octanol–water partition coefficient (Wildman–Crippen LogP) is 2.09. The summed E-state index contributed by atoms with van der Waals surface area (Å²) in [5.41, 5.74) is -0.805. The van der Waals surface area contributed by atoms with Crippen LogP contribution >= 0.6 is 0 Å². The summed E-state index contributed by atoms with van der Waals surface area (Å²) in [6.07, 6.45) is 1.71. The fourth-order valence-corrected chi connectivity index (χ4v) is 1.55. The molecule has 7 heteroatoms. The molecule has 0 spiro atoms. The van der Waals surface area contributed by atoms with Crippen LogP contribution in [0.2, 0.25) is 0 Å². The van der Waals surface area contributed by atoms with Crippen molar-refractivity contribution in [3.63, 3.8) is 0 Å². The minimum atomic E-state index is -0.823. The lowest BCUT2D eigenvalue weighted by Crippen LogP contribution is -2.09. The van der Waals surface area contributed by atoms with E-state index in [9.17, 15) is 19.3 Å². The monoisotopic (exact) mass is 254 g/mol. The number of nitro benzene ring substituents is 1. The molecule has 0 unspecified atom stereocenters. The van der Waals surface area contributed by atoms with Crippen molar-refractivity contribution in [3.05, 3.63) is 33.6 Å². The van der Waals surface area contributed by atoms with Gasteiger partial charge in [-0.05, 0) is 18.9 Å². The van der Waals surface area contributed by atoms with Crippen LogP contribution in [0.5, 0.6) is 0 Å². The van der Waals surface area contributed by atoms with Gasteiger partial charge in [0.1, 0.15) is 5.69 Å². The van der Waals surface area contributed by atoms with Crippen molar-refractivity contribution < 1.29 is 18.8 Å². The zero-order valence-electron chi connectivity index (χ0n) is 9.60. The zero-order valence-corrected chi connectivity index (χ0v) is 9.60. The van der Waals surface area contributed by atoms with Crippen LogP contribution in [0.3, 0.4) is 0 Å². The lowest BCUT2D eigenvalue weighted by molar-refractivity contribution is -0.384. The Labute approximate surface area is 102 Å².